The fraction of sp³-hybridized carbons (Fsp3) is 0.367. The van der Waals surface area contributed by atoms with E-state index in [4.69, 9.17) is 0 Å². The highest BCUT2D eigenvalue weighted by atomic mass is 32.1. The van der Waals surface area contributed by atoms with E-state index in [1.54, 1.807) is 17.1 Å². The van der Waals surface area contributed by atoms with Gasteiger partial charge in [0.15, 0.2) is 0 Å². The van der Waals surface area contributed by atoms with Crippen molar-refractivity contribution in [3.05, 3.63) is 81.1 Å². The summed E-state index contributed by atoms with van der Waals surface area (Å²) in [6, 6.07) is 10.1. The molecule has 1 saturated carbocycles. The Kier molecular flexibility index (Phi) is 8.37. The van der Waals surface area contributed by atoms with Crippen LogP contribution in [0.4, 0.5) is 5.69 Å². The molecule has 0 amide bonds. The third-order valence-electron chi connectivity index (χ3n) is 7.36. The zero-order chi connectivity index (χ0) is 28.4. The summed E-state index contributed by atoms with van der Waals surface area (Å²) in [6.45, 7) is 3.99. The average Bonchev–Trinajstić information content (AvgIpc) is 3.36. The number of aryl methyl sites for hydroxylation is 2. The van der Waals surface area contributed by atoms with Crippen molar-refractivity contribution in [3.63, 3.8) is 0 Å². The molecule has 1 fully saturated rings. The number of nitrogens with zero attached hydrogens (tertiary/aromatic N) is 6. The Hall–Kier alpha value is -3.50. The molecule has 208 valence electrons. The van der Waals surface area contributed by atoms with Gasteiger partial charge in [-0.2, -0.15) is 0 Å². The molecule has 0 N–H and O–H groups in total. The first-order chi connectivity index (χ1) is 19.3. The second-order valence-corrected chi connectivity index (χ2v) is 11.8. The van der Waals surface area contributed by atoms with Gasteiger partial charge in [0.05, 0.1) is 33.5 Å². The van der Waals surface area contributed by atoms with Crippen LogP contribution in [0.2, 0.25) is 0 Å². The van der Waals surface area contributed by atoms with Crippen LogP contribution in [-0.2, 0) is 6.42 Å². The van der Waals surface area contributed by atoms with Crippen molar-refractivity contribution >= 4 is 50.1 Å². The van der Waals surface area contributed by atoms with Crippen LogP contribution in [0.1, 0.15) is 56.5 Å². The van der Waals surface area contributed by atoms with Crippen LogP contribution in [0.25, 0.3) is 26.1 Å². The molecule has 0 radical (unpaired) electrons. The third kappa shape index (κ3) is 5.42. The molecule has 1 aliphatic carbocycles. The summed E-state index contributed by atoms with van der Waals surface area (Å²) < 4.78 is 4.20. The molecule has 1 aromatic carbocycles. The van der Waals surface area contributed by atoms with E-state index in [9.17, 15) is 9.59 Å². The van der Waals surface area contributed by atoms with E-state index in [0.717, 1.165) is 56.0 Å². The smallest absolute Gasteiger partial charge is 0.271 e. The number of thiol groups is 1. The number of anilines is 1. The van der Waals surface area contributed by atoms with Crippen molar-refractivity contribution in [2.24, 2.45) is 0 Å². The van der Waals surface area contributed by atoms with E-state index < -0.39 is 0 Å². The molecule has 1 aliphatic rings. The number of pyridine rings is 1. The summed E-state index contributed by atoms with van der Waals surface area (Å²) in [5, 5.41) is 0.991. The Labute approximate surface area is 242 Å². The largest absolute Gasteiger partial charge is 0.377 e. The van der Waals surface area contributed by atoms with Crippen molar-refractivity contribution in [1.29, 1.82) is 0 Å². The summed E-state index contributed by atoms with van der Waals surface area (Å²) in [5.41, 5.74) is 3.82. The van der Waals surface area contributed by atoms with Crippen LogP contribution in [-0.4, -0.2) is 38.2 Å². The number of rotatable bonds is 4. The first kappa shape index (κ1) is 28.0. The Morgan fingerprint density at radius 3 is 2.40 bits per heavy atom. The summed E-state index contributed by atoms with van der Waals surface area (Å²) in [6.07, 6.45) is 11.6. The van der Waals surface area contributed by atoms with Crippen molar-refractivity contribution < 1.29 is 0 Å². The molecule has 5 aromatic rings. The van der Waals surface area contributed by atoms with E-state index in [0.29, 0.717) is 17.4 Å². The van der Waals surface area contributed by atoms with E-state index in [-0.39, 0.29) is 11.1 Å². The summed E-state index contributed by atoms with van der Waals surface area (Å²) in [4.78, 5) is 41.7. The molecule has 0 atom stereocenters. The van der Waals surface area contributed by atoms with Crippen LogP contribution < -0.4 is 16.0 Å². The predicted octanol–water partition coefficient (Wildman–Crippen LogP) is 5.97. The van der Waals surface area contributed by atoms with Crippen LogP contribution in [0.15, 0.2) is 63.5 Å². The molecule has 4 heterocycles. The quantitative estimate of drug-likeness (QED) is 0.266. The zero-order valence-electron chi connectivity index (χ0n) is 23.3. The number of benzene rings is 1. The Bertz CT molecular complexity index is 1770. The van der Waals surface area contributed by atoms with Crippen LogP contribution in [0.5, 0.6) is 0 Å². The number of hydrogen-bond donors (Lipinski definition) is 1. The lowest BCUT2D eigenvalue weighted by Crippen LogP contribution is -2.26. The highest BCUT2D eigenvalue weighted by molar-refractivity contribution is 7.80. The number of aromatic nitrogens is 5. The molecular formula is C30H34N6O2S2. The second kappa shape index (κ2) is 11.9. The lowest BCUT2D eigenvalue weighted by Gasteiger charge is -2.23. The van der Waals surface area contributed by atoms with Gasteiger partial charge in [-0.05, 0) is 38.0 Å². The fourth-order valence-corrected chi connectivity index (χ4v) is 6.44. The first-order valence-electron chi connectivity index (χ1n) is 13.6. The minimum absolute atomic E-state index is 0.0922. The van der Waals surface area contributed by atoms with Crippen LogP contribution >= 0.6 is 24.0 Å². The van der Waals surface area contributed by atoms with Gasteiger partial charge in [0, 0.05) is 39.0 Å². The van der Waals surface area contributed by atoms with Crippen molar-refractivity contribution in [2.45, 2.75) is 63.3 Å². The maximum absolute atomic E-state index is 13.0. The molecule has 6 rings (SSSR count). The zero-order valence-corrected chi connectivity index (χ0v) is 25.0. The SMILES string of the molecule is CCc1ncc(S)c(=O)n1-c1ccc(C)cc1.CN(C)c1ccnc2sc3c(=O)n(C4CCCCC4)cnc3c12. The van der Waals surface area contributed by atoms with Gasteiger partial charge >= 0.3 is 0 Å². The predicted molar refractivity (Wildman–Crippen MR) is 167 cm³/mol. The van der Waals surface area contributed by atoms with Gasteiger partial charge in [0.2, 0.25) is 0 Å². The normalized spacial score (nSPS) is 13.8. The van der Waals surface area contributed by atoms with Gasteiger partial charge in [-0.3, -0.25) is 18.7 Å². The minimum atomic E-state index is -0.121. The minimum Gasteiger partial charge on any atom is -0.377 e. The van der Waals surface area contributed by atoms with Gasteiger partial charge in [-0.25, -0.2) is 15.0 Å². The molecule has 0 unspecified atom stereocenters. The van der Waals surface area contributed by atoms with E-state index in [1.165, 1.54) is 36.8 Å². The number of hydrogen-bond acceptors (Lipinski definition) is 8. The van der Waals surface area contributed by atoms with Gasteiger partial charge in [0.25, 0.3) is 11.1 Å². The highest BCUT2D eigenvalue weighted by Gasteiger charge is 2.21. The summed E-state index contributed by atoms with van der Waals surface area (Å²) in [7, 11) is 4.00. The fourth-order valence-electron chi connectivity index (χ4n) is 5.23. The first-order valence-corrected chi connectivity index (χ1v) is 14.9. The van der Waals surface area contributed by atoms with Gasteiger partial charge in [0.1, 0.15) is 15.4 Å². The monoisotopic (exact) mass is 574 g/mol. The van der Waals surface area contributed by atoms with E-state index in [1.807, 2.05) is 67.7 Å². The third-order valence-corrected chi connectivity index (χ3v) is 8.74. The van der Waals surface area contributed by atoms with Gasteiger partial charge in [-0.1, -0.05) is 43.9 Å². The topological polar surface area (TPSA) is 85.9 Å². The van der Waals surface area contributed by atoms with Crippen LogP contribution in [0, 0.1) is 6.92 Å². The molecule has 10 heteroatoms. The standard InChI is InChI=1S/C17H20N4OS.C13H14N2OS/c1-20(2)12-8-9-18-16-13(12)14-15(23-16)17(22)21(10-19-14)11-6-4-3-5-7-11;1-3-12-14-8-11(17)13(16)15(12)10-6-4-9(2)5-7-10/h8-11H,3-7H2,1-2H3;4-8,17H,3H2,1-2H3. The molecular weight excluding hydrogens is 541 g/mol. The maximum atomic E-state index is 13.0. The number of fused-ring (bicyclic) bond motifs is 3. The van der Waals surface area contributed by atoms with E-state index in [2.05, 4.69) is 27.6 Å². The van der Waals surface area contributed by atoms with E-state index >= 15 is 0 Å². The lowest BCUT2D eigenvalue weighted by molar-refractivity contribution is 0.345. The molecule has 0 bridgehead atoms. The van der Waals surface area contributed by atoms with Crippen molar-refractivity contribution in [1.82, 2.24) is 24.1 Å². The molecule has 0 spiro atoms. The molecule has 0 saturated heterocycles. The Morgan fingerprint density at radius 1 is 1.00 bits per heavy atom. The number of thiophene rings is 1. The van der Waals surface area contributed by atoms with Gasteiger partial charge < -0.3 is 4.90 Å². The Balaban J connectivity index is 0.000000170. The summed E-state index contributed by atoms with van der Waals surface area (Å²) in [5.74, 6) is 0.747. The molecule has 8 nitrogen and oxygen atoms in total. The van der Waals surface area contributed by atoms with Gasteiger partial charge in [-0.15, -0.1) is 24.0 Å². The highest BCUT2D eigenvalue weighted by Crippen LogP contribution is 2.36. The molecule has 4 aromatic heterocycles. The van der Waals surface area contributed by atoms with Crippen molar-refractivity contribution in [3.8, 4) is 5.69 Å². The maximum Gasteiger partial charge on any atom is 0.271 e. The average molecular weight is 575 g/mol. The molecule has 40 heavy (non-hydrogen) atoms. The molecule has 0 aliphatic heterocycles. The summed E-state index contributed by atoms with van der Waals surface area (Å²) >= 11 is 5.59. The lowest BCUT2D eigenvalue weighted by atomic mass is 9.95. The van der Waals surface area contributed by atoms with Crippen LogP contribution in [0.3, 0.4) is 0 Å². The van der Waals surface area contributed by atoms with Crippen molar-refractivity contribution in [2.75, 3.05) is 19.0 Å². The Morgan fingerprint density at radius 2 is 1.73 bits per heavy atom. The second-order valence-electron chi connectivity index (χ2n) is 10.3.